The minimum Gasteiger partial charge on any atom is -0.457 e. The van der Waals surface area contributed by atoms with Crippen LogP contribution in [0.5, 0.6) is 11.5 Å². The van der Waals surface area contributed by atoms with E-state index in [4.69, 9.17) is 16.3 Å². The van der Waals surface area contributed by atoms with Gasteiger partial charge in [-0.05, 0) is 73.1 Å². The molecule has 1 aliphatic rings. The van der Waals surface area contributed by atoms with E-state index >= 15 is 0 Å². The number of fused-ring (bicyclic) bond motifs is 1. The van der Waals surface area contributed by atoms with E-state index in [-0.39, 0.29) is 0 Å². The van der Waals surface area contributed by atoms with Gasteiger partial charge in [-0.1, -0.05) is 18.2 Å². The summed E-state index contributed by atoms with van der Waals surface area (Å²) in [5.74, 6) is 2.39. The molecule has 0 aromatic heterocycles. The molecule has 3 rings (SSSR count). The van der Waals surface area contributed by atoms with E-state index in [1.165, 1.54) is 36.8 Å². The van der Waals surface area contributed by atoms with E-state index in [2.05, 4.69) is 31.2 Å². The molecule has 2 aromatic rings. The van der Waals surface area contributed by atoms with Gasteiger partial charge in [0.05, 0.1) is 0 Å². The van der Waals surface area contributed by atoms with Crippen LogP contribution >= 0.6 is 11.6 Å². The summed E-state index contributed by atoms with van der Waals surface area (Å²) in [7, 11) is 0. The molecule has 0 aliphatic heterocycles. The van der Waals surface area contributed by atoms with Crippen molar-refractivity contribution in [2.24, 2.45) is 0 Å². The minimum absolute atomic E-state index is 0.542. The van der Waals surface area contributed by atoms with Gasteiger partial charge in [0.2, 0.25) is 0 Å². The van der Waals surface area contributed by atoms with E-state index < -0.39 is 0 Å². The Hall–Kier alpha value is -1.47. The predicted molar refractivity (Wildman–Crippen MR) is 83.9 cm³/mol. The minimum atomic E-state index is 0.542. The van der Waals surface area contributed by atoms with Gasteiger partial charge in [-0.2, -0.15) is 0 Å². The molecule has 0 atom stereocenters. The highest BCUT2D eigenvalue weighted by Crippen LogP contribution is 2.30. The van der Waals surface area contributed by atoms with Gasteiger partial charge in [-0.3, -0.25) is 0 Å². The van der Waals surface area contributed by atoms with Crippen LogP contribution in [0.3, 0.4) is 0 Å². The number of alkyl halides is 1. The van der Waals surface area contributed by atoms with Gasteiger partial charge in [0, 0.05) is 5.88 Å². The van der Waals surface area contributed by atoms with E-state index in [1.54, 1.807) is 0 Å². The molecule has 0 spiro atoms. The third-order valence-electron chi connectivity index (χ3n) is 3.94. The normalized spacial score (nSPS) is 13.9. The van der Waals surface area contributed by atoms with Crippen molar-refractivity contribution in [3.8, 4) is 11.5 Å². The van der Waals surface area contributed by atoms with Crippen LogP contribution < -0.4 is 4.74 Å². The van der Waals surface area contributed by atoms with Gasteiger partial charge < -0.3 is 4.74 Å². The Morgan fingerprint density at radius 2 is 1.80 bits per heavy atom. The molecular weight excluding hydrogens is 268 g/mol. The molecule has 0 saturated carbocycles. The lowest BCUT2D eigenvalue weighted by molar-refractivity contribution is 0.477. The molecule has 0 amide bonds. The van der Waals surface area contributed by atoms with E-state index in [0.717, 1.165) is 22.6 Å². The van der Waals surface area contributed by atoms with Crippen molar-refractivity contribution >= 4 is 11.6 Å². The first-order valence-corrected chi connectivity index (χ1v) is 7.75. The zero-order valence-electron chi connectivity index (χ0n) is 11.8. The van der Waals surface area contributed by atoms with Gasteiger partial charge in [0.25, 0.3) is 0 Å². The van der Waals surface area contributed by atoms with Crippen molar-refractivity contribution in [3.05, 3.63) is 58.7 Å². The fourth-order valence-corrected chi connectivity index (χ4v) is 2.98. The molecule has 0 heterocycles. The van der Waals surface area contributed by atoms with Crippen LogP contribution in [0.2, 0.25) is 0 Å². The molecular formula is C18H19ClO. The molecule has 2 aromatic carbocycles. The lowest BCUT2D eigenvalue weighted by Crippen LogP contribution is -2.02. The Kier molecular flexibility index (Phi) is 3.98. The largest absolute Gasteiger partial charge is 0.457 e. The van der Waals surface area contributed by atoms with Crippen molar-refractivity contribution in [2.75, 3.05) is 0 Å². The number of benzene rings is 2. The Labute approximate surface area is 125 Å². The lowest BCUT2D eigenvalue weighted by atomic mass is 9.92. The van der Waals surface area contributed by atoms with Crippen molar-refractivity contribution < 1.29 is 4.74 Å². The summed E-state index contributed by atoms with van der Waals surface area (Å²) in [6.45, 7) is 2.06. The summed E-state index contributed by atoms with van der Waals surface area (Å²) < 4.78 is 6.03. The summed E-state index contributed by atoms with van der Waals surface area (Å²) in [4.78, 5) is 0. The Bertz CT molecular complexity index is 619. The third kappa shape index (κ3) is 2.83. The maximum Gasteiger partial charge on any atom is 0.130 e. The molecule has 0 fully saturated rings. The molecule has 20 heavy (non-hydrogen) atoms. The number of rotatable bonds is 3. The third-order valence-corrected chi connectivity index (χ3v) is 4.25. The van der Waals surface area contributed by atoms with Crippen LogP contribution in [0.15, 0.2) is 36.4 Å². The second-order valence-corrected chi connectivity index (χ2v) is 5.74. The average molecular weight is 287 g/mol. The highest BCUT2D eigenvalue weighted by atomic mass is 35.5. The Balaban J connectivity index is 1.84. The molecule has 2 heteroatoms. The van der Waals surface area contributed by atoms with Crippen molar-refractivity contribution in [1.82, 2.24) is 0 Å². The van der Waals surface area contributed by atoms with Crippen LogP contribution in [-0.4, -0.2) is 0 Å². The molecule has 104 valence electrons. The highest BCUT2D eigenvalue weighted by Gasteiger charge is 2.10. The molecule has 0 bridgehead atoms. The second-order valence-electron chi connectivity index (χ2n) is 5.47. The topological polar surface area (TPSA) is 9.23 Å². The maximum absolute atomic E-state index is 6.03. The second kappa shape index (κ2) is 5.88. The zero-order valence-corrected chi connectivity index (χ0v) is 12.5. The number of hydrogen-bond acceptors (Lipinski definition) is 1. The fraction of sp³-hybridized carbons (Fsp3) is 0.333. The SMILES string of the molecule is Cc1cc(CCl)ccc1Oc1ccc2c(c1)CCCC2. The molecule has 0 N–H and O–H groups in total. The summed E-state index contributed by atoms with van der Waals surface area (Å²) in [6, 6.07) is 12.6. The molecule has 1 nitrogen and oxygen atoms in total. The van der Waals surface area contributed by atoms with Gasteiger partial charge in [-0.15, -0.1) is 11.6 Å². The summed E-state index contributed by atoms with van der Waals surface area (Å²) >= 11 is 5.85. The van der Waals surface area contributed by atoms with Crippen LogP contribution in [-0.2, 0) is 18.7 Å². The quantitative estimate of drug-likeness (QED) is 0.686. The zero-order chi connectivity index (χ0) is 13.9. The maximum atomic E-state index is 6.03. The first-order chi connectivity index (χ1) is 9.76. The monoisotopic (exact) mass is 286 g/mol. The van der Waals surface area contributed by atoms with Crippen molar-refractivity contribution in [1.29, 1.82) is 0 Å². The van der Waals surface area contributed by atoms with E-state index in [0.29, 0.717) is 5.88 Å². The predicted octanol–water partition coefficient (Wildman–Crippen LogP) is 5.40. The Morgan fingerprint density at radius 3 is 2.55 bits per heavy atom. The van der Waals surface area contributed by atoms with Crippen LogP contribution in [0.4, 0.5) is 0 Å². The molecule has 0 radical (unpaired) electrons. The lowest BCUT2D eigenvalue weighted by Gasteiger charge is -2.17. The average Bonchev–Trinajstić information content (AvgIpc) is 2.49. The summed E-state index contributed by atoms with van der Waals surface area (Å²) in [6.07, 6.45) is 4.99. The molecule has 1 aliphatic carbocycles. The highest BCUT2D eigenvalue weighted by molar-refractivity contribution is 6.17. The van der Waals surface area contributed by atoms with E-state index in [1.807, 2.05) is 12.1 Å². The van der Waals surface area contributed by atoms with Crippen molar-refractivity contribution in [3.63, 3.8) is 0 Å². The van der Waals surface area contributed by atoms with Crippen LogP contribution in [0.1, 0.15) is 35.1 Å². The first-order valence-electron chi connectivity index (χ1n) is 7.21. The number of hydrogen-bond donors (Lipinski definition) is 0. The first kappa shape index (κ1) is 13.5. The van der Waals surface area contributed by atoms with Gasteiger partial charge in [0.15, 0.2) is 0 Å². The number of halogens is 1. The summed E-state index contributed by atoms with van der Waals surface area (Å²) in [5, 5.41) is 0. The van der Waals surface area contributed by atoms with Gasteiger partial charge in [-0.25, -0.2) is 0 Å². The standard InChI is InChI=1S/C18H19ClO/c1-13-10-14(12-19)6-9-18(13)20-17-8-7-15-4-2-3-5-16(15)11-17/h6-11H,2-5,12H2,1H3. The van der Waals surface area contributed by atoms with E-state index in [9.17, 15) is 0 Å². The van der Waals surface area contributed by atoms with Gasteiger partial charge in [0.1, 0.15) is 11.5 Å². The summed E-state index contributed by atoms with van der Waals surface area (Å²) in [5.41, 5.74) is 5.18. The van der Waals surface area contributed by atoms with Crippen LogP contribution in [0, 0.1) is 6.92 Å². The van der Waals surface area contributed by atoms with Crippen molar-refractivity contribution in [2.45, 2.75) is 38.5 Å². The smallest absolute Gasteiger partial charge is 0.130 e. The van der Waals surface area contributed by atoms with Crippen LogP contribution in [0.25, 0.3) is 0 Å². The number of ether oxygens (including phenoxy) is 1. The molecule has 0 saturated heterocycles. The van der Waals surface area contributed by atoms with Gasteiger partial charge >= 0.3 is 0 Å². The Morgan fingerprint density at radius 1 is 1.00 bits per heavy atom. The molecule has 0 unspecified atom stereocenters. The fourth-order valence-electron chi connectivity index (χ4n) is 2.81. The number of aryl methyl sites for hydroxylation is 3.